The van der Waals surface area contributed by atoms with E-state index in [1.165, 1.54) is 22.8 Å². The van der Waals surface area contributed by atoms with Crippen LogP contribution in [0.3, 0.4) is 0 Å². The number of fused-ring (bicyclic) bond motifs is 1. The molecular formula is C15H10F3N3O. The van der Waals surface area contributed by atoms with Gasteiger partial charge < -0.3 is 0 Å². The van der Waals surface area contributed by atoms with E-state index in [0.29, 0.717) is 17.5 Å². The maximum absolute atomic E-state index is 13.0. The van der Waals surface area contributed by atoms with E-state index in [0.717, 1.165) is 6.07 Å². The summed E-state index contributed by atoms with van der Waals surface area (Å²) in [6.07, 6.45) is -2.30. The molecule has 7 heteroatoms. The van der Waals surface area contributed by atoms with Crippen molar-refractivity contribution in [1.29, 1.82) is 0 Å². The first-order valence-corrected chi connectivity index (χ1v) is 6.43. The lowest BCUT2D eigenvalue weighted by atomic mass is 10.0. The second-order valence-electron chi connectivity index (χ2n) is 4.74. The third-order valence-corrected chi connectivity index (χ3v) is 3.21. The number of benzene rings is 1. The van der Waals surface area contributed by atoms with Gasteiger partial charge in [-0.1, -0.05) is 18.2 Å². The minimum Gasteiger partial charge on any atom is -0.298 e. The Kier molecular flexibility index (Phi) is 3.40. The summed E-state index contributed by atoms with van der Waals surface area (Å²) in [5, 5.41) is 4.12. The van der Waals surface area contributed by atoms with Gasteiger partial charge in [-0.05, 0) is 23.8 Å². The Morgan fingerprint density at radius 1 is 1.14 bits per heavy atom. The number of hydrogen-bond acceptors (Lipinski definition) is 3. The smallest absolute Gasteiger partial charge is 0.298 e. The SMILES string of the molecule is O=Cc1ccc2nc(Cc3ccccc3C(F)(F)F)nn2c1. The molecule has 0 saturated heterocycles. The first-order chi connectivity index (χ1) is 10.5. The fourth-order valence-electron chi connectivity index (χ4n) is 2.21. The molecule has 22 heavy (non-hydrogen) atoms. The molecule has 0 aliphatic heterocycles. The molecule has 2 aromatic heterocycles. The van der Waals surface area contributed by atoms with Gasteiger partial charge in [-0.15, -0.1) is 0 Å². The van der Waals surface area contributed by atoms with Crippen LogP contribution in [0.2, 0.25) is 0 Å². The van der Waals surface area contributed by atoms with E-state index in [9.17, 15) is 18.0 Å². The van der Waals surface area contributed by atoms with Gasteiger partial charge in [0.25, 0.3) is 0 Å². The molecular weight excluding hydrogens is 295 g/mol. The van der Waals surface area contributed by atoms with Gasteiger partial charge in [-0.2, -0.15) is 18.3 Å². The Bertz CT molecular complexity index is 839. The molecule has 3 rings (SSSR count). The van der Waals surface area contributed by atoms with Gasteiger partial charge in [0.05, 0.1) is 5.56 Å². The molecule has 0 N–H and O–H groups in total. The number of nitrogens with zero attached hydrogens (tertiary/aromatic N) is 3. The fourth-order valence-corrected chi connectivity index (χ4v) is 2.21. The highest BCUT2D eigenvalue weighted by Crippen LogP contribution is 2.32. The Balaban J connectivity index is 1.99. The third kappa shape index (κ3) is 2.69. The molecule has 0 fully saturated rings. The summed E-state index contributed by atoms with van der Waals surface area (Å²) >= 11 is 0. The van der Waals surface area contributed by atoms with Gasteiger partial charge in [0.15, 0.2) is 17.8 Å². The summed E-state index contributed by atoms with van der Waals surface area (Å²) in [4.78, 5) is 14.9. The molecule has 1 aromatic carbocycles. The van der Waals surface area contributed by atoms with Crippen LogP contribution >= 0.6 is 0 Å². The monoisotopic (exact) mass is 305 g/mol. The number of carbonyl (C=O) groups excluding carboxylic acids is 1. The Morgan fingerprint density at radius 2 is 1.91 bits per heavy atom. The second kappa shape index (κ2) is 5.25. The average Bonchev–Trinajstić information content (AvgIpc) is 2.87. The number of halogens is 3. The van der Waals surface area contributed by atoms with Crippen molar-refractivity contribution in [3.63, 3.8) is 0 Å². The van der Waals surface area contributed by atoms with Gasteiger partial charge >= 0.3 is 6.18 Å². The van der Waals surface area contributed by atoms with Crippen LogP contribution in [0.4, 0.5) is 13.2 Å². The van der Waals surface area contributed by atoms with E-state index in [1.807, 2.05) is 0 Å². The van der Waals surface area contributed by atoms with E-state index in [2.05, 4.69) is 10.1 Å². The van der Waals surface area contributed by atoms with Crippen molar-refractivity contribution in [3.05, 3.63) is 65.1 Å². The summed E-state index contributed by atoms with van der Waals surface area (Å²) < 4.78 is 40.3. The summed E-state index contributed by atoms with van der Waals surface area (Å²) in [7, 11) is 0. The molecule has 4 nitrogen and oxygen atoms in total. The maximum Gasteiger partial charge on any atom is 0.416 e. The number of rotatable bonds is 3. The molecule has 0 aliphatic carbocycles. The third-order valence-electron chi connectivity index (χ3n) is 3.21. The second-order valence-corrected chi connectivity index (χ2v) is 4.74. The van der Waals surface area contributed by atoms with Crippen molar-refractivity contribution < 1.29 is 18.0 Å². The quantitative estimate of drug-likeness (QED) is 0.698. The Hall–Kier alpha value is -2.70. The van der Waals surface area contributed by atoms with Gasteiger partial charge in [-0.3, -0.25) is 4.79 Å². The molecule has 0 saturated carbocycles. The predicted molar refractivity (Wildman–Crippen MR) is 72.6 cm³/mol. The van der Waals surface area contributed by atoms with Crippen LogP contribution < -0.4 is 0 Å². The minimum atomic E-state index is -4.42. The van der Waals surface area contributed by atoms with Crippen molar-refractivity contribution in [2.75, 3.05) is 0 Å². The number of pyridine rings is 1. The number of alkyl halides is 3. The lowest BCUT2D eigenvalue weighted by molar-refractivity contribution is -0.138. The molecule has 2 heterocycles. The lowest BCUT2D eigenvalue weighted by Crippen LogP contribution is -2.09. The van der Waals surface area contributed by atoms with Crippen molar-refractivity contribution in [2.24, 2.45) is 0 Å². The first kappa shape index (κ1) is 14.2. The van der Waals surface area contributed by atoms with Crippen LogP contribution in [0.15, 0.2) is 42.6 Å². The molecule has 0 amide bonds. The fraction of sp³-hybridized carbons (Fsp3) is 0.133. The Morgan fingerprint density at radius 3 is 2.64 bits per heavy atom. The highest BCUT2D eigenvalue weighted by molar-refractivity contribution is 5.74. The first-order valence-electron chi connectivity index (χ1n) is 6.43. The van der Waals surface area contributed by atoms with Gasteiger partial charge in [0.2, 0.25) is 0 Å². The molecule has 0 radical (unpaired) electrons. The van der Waals surface area contributed by atoms with E-state index < -0.39 is 11.7 Å². The van der Waals surface area contributed by atoms with Gasteiger partial charge in [0, 0.05) is 18.2 Å². The van der Waals surface area contributed by atoms with Crippen LogP contribution in [0.1, 0.15) is 27.3 Å². The number of aromatic nitrogens is 3. The lowest BCUT2D eigenvalue weighted by Gasteiger charge is -2.11. The predicted octanol–water partition coefficient (Wildman–Crippen LogP) is 3.15. The molecule has 0 spiro atoms. The number of aldehydes is 1. The molecule has 0 unspecified atom stereocenters. The van der Waals surface area contributed by atoms with E-state index in [4.69, 9.17) is 0 Å². The number of carbonyl (C=O) groups is 1. The molecule has 0 bridgehead atoms. The molecule has 0 atom stereocenters. The standard InChI is InChI=1S/C15H10F3N3O/c16-15(17,18)12-4-2-1-3-11(12)7-13-19-14-6-5-10(9-22)8-21(14)20-13/h1-6,8-9H,7H2. The zero-order valence-corrected chi connectivity index (χ0v) is 11.2. The van der Waals surface area contributed by atoms with Crippen LogP contribution in [-0.2, 0) is 12.6 Å². The number of hydrogen-bond donors (Lipinski definition) is 0. The zero-order valence-electron chi connectivity index (χ0n) is 11.2. The summed E-state index contributed by atoms with van der Waals surface area (Å²) in [6, 6.07) is 8.51. The summed E-state index contributed by atoms with van der Waals surface area (Å²) in [5.74, 6) is 0.264. The summed E-state index contributed by atoms with van der Waals surface area (Å²) in [6.45, 7) is 0. The molecule has 3 aromatic rings. The average molecular weight is 305 g/mol. The highest BCUT2D eigenvalue weighted by atomic mass is 19.4. The van der Waals surface area contributed by atoms with Crippen LogP contribution in [-0.4, -0.2) is 20.9 Å². The normalized spacial score (nSPS) is 11.8. The van der Waals surface area contributed by atoms with Crippen LogP contribution in [0.5, 0.6) is 0 Å². The largest absolute Gasteiger partial charge is 0.416 e. The van der Waals surface area contributed by atoms with Crippen molar-refractivity contribution in [3.8, 4) is 0 Å². The molecule has 0 aliphatic rings. The van der Waals surface area contributed by atoms with Crippen LogP contribution in [0, 0.1) is 0 Å². The summed E-state index contributed by atoms with van der Waals surface area (Å²) in [5.41, 5.74) is 0.314. The van der Waals surface area contributed by atoms with E-state index in [-0.39, 0.29) is 17.8 Å². The van der Waals surface area contributed by atoms with Crippen molar-refractivity contribution in [1.82, 2.24) is 14.6 Å². The topological polar surface area (TPSA) is 47.3 Å². The van der Waals surface area contributed by atoms with Gasteiger partial charge in [-0.25, -0.2) is 9.50 Å². The minimum absolute atomic E-state index is 0.0339. The highest BCUT2D eigenvalue weighted by Gasteiger charge is 2.33. The Labute approximate surface area is 123 Å². The van der Waals surface area contributed by atoms with E-state index in [1.54, 1.807) is 18.2 Å². The van der Waals surface area contributed by atoms with Crippen molar-refractivity contribution in [2.45, 2.75) is 12.6 Å². The van der Waals surface area contributed by atoms with Gasteiger partial charge in [0.1, 0.15) is 0 Å². The van der Waals surface area contributed by atoms with Crippen molar-refractivity contribution >= 4 is 11.9 Å². The zero-order chi connectivity index (χ0) is 15.7. The van der Waals surface area contributed by atoms with Crippen LogP contribution in [0.25, 0.3) is 5.65 Å². The maximum atomic E-state index is 13.0. The van der Waals surface area contributed by atoms with E-state index >= 15 is 0 Å². The molecule has 112 valence electrons.